The van der Waals surface area contributed by atoms with Crippen LogP contribution in [0.5, 0.6) is 0 Å². The first kappa shape index (κ1) is 13.5. The number of para-hydroxylation sites is 2. The minimum Gasteiger partial charge on any atom is -0.242 e. The zero-order valence-corrected chi connectivity index (χ0v) is 13.0. The summed E-state index contributed by atoms with van der Waals surface area (Å²) in [5.41, 5.74) is 2.73. The molecular weight excluding hydrogens is 256 g/mol. The van der Waals surface area contributed by atoms with E-state index in [0.717, 1.165) is 16.6 Å². The van der Waals surface area contributed by atoms with E-state index in [1.807, 2.05) is 0 Å². The Morgan fingerprint density at radius 2 is 1.33 bits per heavy atom. The lowest BCUT2D eigenvalue weighted by Gasteiger charge is -2.47. The zero-order valence-electron chi connectivity index (χ0n) is 13.0. The standard InChI is InChI=1S/C19H27N2/c1-3-9-16(10-4-1)21(17-11-5-2-6-12-17)15-20-18-13-7-8-14-19(18)21/h7-8,13-17H,1-6,9-12H2/q+1. The van der Waals surface area contributed by atoms with Crippen molar-refractivity contribution in [3.8, 4) is 0 Å². The Morgan fingerprint density at radius 3 is 1.95 bits per heavy atom. The fourth-order valence-corrected chi connectivity index (χ4v) is 5.02. The average molecular weight is 283 g/mol. The predicted octanol–water partition coefficient (Wildman–Crippen LogP) is 5.33. The lowest BCUT2D eigenvalue weighted by molar-refractivity contribution is 0.168. The van der Waals surface area contributed by atoms with Crippen LogP contribution in [0.25, 0.3) is 0 Å². The third-order valence-corrected chi connectivity index (χ3v) is 6.04. The molecule has 2 fully saturated rings. The van der Waals surface area contributed by atoms with Gasteiger partial charge in [-0.2, -0.15) is 4.99 Å². The molecule has 0 aromatic heterocycles. The van der Waals surface area contributed by atoms with Crippen molar-refractivity contribution in [2.24, 2.45) is 4.99 Å². The molecule has 1 aromatic rings. The highest BCUT2D eigenvalue weighted by Crippen LogP contribution is 2.47. The van der Waals surface area contributed by atoms with Crippen molar-refractivity contribution in [1.82, 2.24) is 4.48 Å². The monoisotopic (exact) mass is 283 g/mol. The van der Waals surface area contributed by atoms with E-state index in [1.54, 1.807) is 0 Å². The summed E-state index contributed by atoms with van der Waals surface area (Å²) in [6.45, 7) is 0. The van der Waals surface area contributed by atoms with Crippen LogP contribution < -0.4 is 4.48 Å². The molecule has 112 valence electrons. The fraction of sp³-hybridized carbons (Fsp3) is 0.632. The van der Waals surface area contributed by atoms with E-state index >= 15 is 0 Å². The van der Waals surface area contributed by atoms with Gasteiger partial charge < -0.3 is 0 Å². The van der Waals surface area contributed by atoms with Gasteiger partial charge in [-0.3, -0.25) is 0 Å². The molecule has 1 heterocycles. The van der Waals surface area contributed by atoms with Crippen LogP contribution in [-0.4, -0.2) is 18.4 Å². The summed E-state index contributed by atoms with van der Waals surface area (Å²) >= 11 is 0. The predicted molar refractivity (Wildman–Crippen MR) is 90.1 cm³/mol. The molecule has 0 saturated heterocycles. The van der Waals surface area contributed by atoms with Crippen LogP contribution in [0.4, 0.5) is 11.4 Å². The maximum absolute atomic E-state index is 4.85. The summed E-state index contributed by atoms with van der Waals surface area (Å²) in [4.78, 5) is 4.85. The Kier molecular flexibility index (Phi) is 3.58. The van der Waals surface area contributed by atoms with Gasteiger partial charge in [-0.15, -0.1) is 0 Å². The van der Waals surface area contributed by atoms with Crippen LogP contribution in [0.15, 0.2) is 29.3 Å². The third kappa shape index (κ3) is 2.15. The number of aliphatic imine (C=N–C) groups is 1. The van der Waals surface area contributed by atoms with Gasteiger partial charge in [0.1, 0.15) is 5.69 Å². The van der Waals surface area contributed by atoms with Crippen molar-refractivity contribution in [2.75, 3.05) is 0 Å². The minimum absolute atomic E-state index is 0.772. The van der Waals surface area contributed by atoms with Crippen LogP contribution in [0.1, 0.15) is 64.2 Å². The molecule has 21 heavy (non-hydrogen) atoms. The molecular formula is C19H27N2+. The second-order valence-electron chi connectivity index (χ2n) is 7.15. The summed E-state index contributed by atoms with van der Waals surface area (Å²) < 4.78 is 1.09. The smallest absolute Gasteiger partial charge is 0.196 e. The van der Waals surface area contributed by atoms with Crippen molar-refractivity contribution in [2.45, 2.75) is 76.3 Å². The summed E-state index contributed by atoms with van der Waals surface area (Å²) in [7, 11) is 0. The van der Waals surface area contributed by atoms with E-state index in [1.165, 1.54) is 75.6 Å². The normalized spacial score (nSPS) is 25.9. The first-order valence-corrected chi connectivity index (χ1v) is 8.94. The minimum atomic E-state index is 0.772. The van der Waals surface area contributed by atoms with Crippen molar-refractivity contribution in [3.63, 3.8) is 0 Å². The van der Waals surface area contributed by atoms with Crippen molar-refractivity contribution >= 4 is 17.7 Å². The molecule has 0 unspecified atom stereocenters. The number of benzene rings is 1. The molecule has 2 nitrogen and oxygen atoms in total. The van der Waals surface area contributed by atoms with Crippen LogP contribution in [0.2, 0.25) is 0 Å². The molecule has 0 bridgehead atoms. The quantitative estimate of drug-likeness (QED) is 0.650. The van der Waals surface area contributed by atoms with Crippen LogP contribution in [-0.2, 0) is 0 Å². The van der Waals surface area contributed by atoms with Gasteiger partial charge in [0.2, 0.25) is 0 Å². The van der Waals surface area contributed by atoms with Gasteiger partial charge in [0.15, 0.2) is 12.0 Å². The first-order chi connectivity index (χ1) is 10.4. The first-order valence-electron chi connectivity index (χ1n) is 8.94. The Hall–Kier alpha value is -1.15. The van der Waals surface area contributed by atoms with Crippen molar-refractivity contribution < 1.29 is 0 Å². The molecule has 2 aliphatic carbocycles. The molecule has 2 saturated carbocycles. The van der Waals surface area contributed by atoms with Gasteiger partial charge in [-0.25, -0.2) is 4.48 Å². The van der Waals surface area contributed by atoms with Crippen LogP contribution in [0, 0.1) is 0 Å². The summed E-state index contributed by atoms with van der Waals surface area (Å²) in [6.07, 6.45) is 16.4. The fourth-order valence-electron chi connectivity index (χ4n) is 5.02. The molecule has 1 aromatic carbocycles. The molecule has 3 aliphatic rings. The topological polar surface area (TPSA) is 12.4 Å². The average Bonchev–Trinajstić information content (AvgIpc) is 2.97. The van der Waals surface area contributed by atoms with Gasteiger partial charge in [-0.05, 0) is 31.7 Å². The maximum Gasteiger partial charge on any atom is 0.196 e. The van der Waals surface area contributed by atoms with Crippen molar-refractivity contribution in [3.05, 3.63) is 24.3 Å². The van der Waals surface area contributed by atoms with Gasteiger partial charge in [0.05, 0.1) is 12.1 Å². The molecule has 0 N–H and O–H groups in total. The Morgan fingerprint density at radius 1 is 0.762 bits per heavy atom. The van der Waals surface area contributed by atoms with Gasteiger partial charge in [0.25, 0.3) is 0 Å². The summed E-state index contributed by atoms with van der Waals surface area (Å²) in [6, 6.07) is 10.5. The Bertz CT molecular complexity index is 504. The largest absolute Gasteiger partial charge is 0.242 e. The highest BCUT2D eigenvalue weighted by molar-refractivity contribution is 5.89. The van der Waals surface area contributed by atoms with E-state index < -0.39 is 0 Å². The highest BCUT2D eigenvalue weighted by Gasteiger charge is 2.49. The SMILES string of the molecule is C1=Nc2ccccc2[N+]1(C1CCCCC1)C1CCCCC1. The zero-order chi connectivity index (χ0) is 14.1. The number of hydrogen-bond donors (Lipinski definition) is 0. The molecule has 2 heteroatoms. The molecule has 4 rings (SSSR count). The number of nitrogens with zero attached hydrogens (tertiary/aromatic N) is 2. The Labute approximate surface area is 128 Å². The van der Waals surface area contributed by atoms with E-state index in [-0.39, 0.29) is 0 Å². The maximum atomic E-state index is 4.85. The molecule has 1 aliphatic heterocycles. The van der Waals surface area contributed by atoms with Crippen LogP contribution in [0.3, 0.4) is 0 Å². The molecule has 0 amide bonds. The lowest BCUT2D eigenvalue weighted by atomic mass is 9.85. The van der Waals surface area contributed by atoms with Crippen LogP contribution >= 0.6 is 0 Å². The summed E-state index contributed by atoms with van der Waals surface area (Å²) in [5, 5.41) is 0. The van der Waals surface area contributed by atoms with Crippen molar-refractivity contribution in [1.29, 1.82) is 0 Å². The van der Waals surface area contributed by atoms with Gasteiger partial charge >= 0.3 is 0 Å². The number of rotatable bonds is 2. The molecule has 0 radical (unpaired) electrons. The molecule has 0 spiro atoms. The number of fused-ring (bicyclic) bond motifs is 1. The second kappa shape index (κ2) is 5.57. The number of hydrogen-bond acceptors (Lipinski definition) is 1. The van der Waals surface area contributed by atoms with E-state index in [9.17, 15) is 0 Å². The number of quaternary nitrogens is 1. The van der Waals surface area contributed by atoms with E-state index in [4.69, 9.17) is 4.99 Å². The second-order valence-corrected chi connectivity index (χ2v) is 7.15. The molecule has 0 atom stereocenters. The third-order valence-electron chi connectivity index (χ3n) is 6.04. The summed E-state index contributed by atoms with van der Waals surface area (Å²) in [5.74, 6) is 0. The Balaban J connectivity index is 1.77. The highest BCUT2D eigenvalue weighted by atomic mass is 15.4. The van der Waals surface area contributed by atoms with Gasteiger partial charge in [0, 0.05) is 31.7 Å². The van der Waals surface area contributed by atoms with Gasteiger partial charge in [-0.1, -0.05) is 25.0 Å². The van der Waals surface area contributed by atoms with E-state index in [0.29, 0.717) is 0 Å². The van der Waals surface area contributed by atoms with E-state index in [2.05, 4.69) is 30.6 Å². The lowest BCUT2D eigenvalue weighted by Crippen LogP contribution is -2.62.